The van der Waals surface area contributed by atoms with E-state index in [-0.39, 0.29) is 6.61 Å². The fraction of sp³-hybridized carbons (Fsp3) is 0.818. The number of rotatable bonds is 9. The molecule has 0 spiro atoms. The zero-order valence-electron chi connectivity index (χ0n) is 10.6. The molecule has 0 fully saturated rings. The third-order valence-electron chi connectivity index (χ3n) is 2.29. The molecule has 0 aromatic carbocycles. The Morgan fingerprint density at radius 2 is 2.06 bits per heavy atom. The van der Waals surface area contributed by atoms with Crippen LogP contribution in [0, 0.1) is 0 Å². The first kappa shape index (κ1) is 13.9. The predicted octanol–water partition coefficient (Wildman–Crippen LogP) is 0.778. The molecule has 0 atom stereocenters. The smallest absolute Gasteiger partial charge is 0.318 e. The largest absolute Gasteiger partial charge is 0.407 e. The number of hydrogen-bond acceptors (Lipinski definition) is 6. The Kier molecular flexibility index (Phi) is 6.57. The van der Waals surface area contributed by atoms with Crippen LogP contribution in [0.15, 0.2) is 4.42 Å². The Bertz CT molecular complexity index is 297. The lowest BCUT2D eigenvalue weighted by atomic mass is 10.4. The third-order valence-corrected chi connectivity index (χ3v) is 2.29. The number of aliphatic hydroxyl groups is 1. The van der Waals surface area contributed by atoms with Crippen LogP contribution < -0.4 is 10.2 Å². The van der Waals surface area contributed by atoms with Crippen LogP contribution >= 0.6 is 0 Å². The van der Waals surface area contributed by atoms with Crippen molar-refractivity contribution in [2.45, 2.75) is 33.2 Å². The molecule has 0 unspecified atom stereocenters. The van der Waals surface area contributed by atoms with Gasteiger partial charge in [0.2, 0.25) is 5.89 Å². The van der Waals surface area contributed by atoms with E-state index in [1.165, 1.54) is 0 Å². The Morgan fingerprint density at radius 3 is 2.71 bits per heavy atom. The lowest BCUT2D eigenvalue weighted by Gasteiger charge is -2.17. The van der Waals surface area contributed by atoms with Crippen molar-refractivity contribution < 1.29 is 9.52 Å². The number of hydrogen-bond donors (Lipinski definition) is 2. The van der Waals surface area contributed by atoms with E-state index in [1.54, 1.807) is 0 Å². The molecule has 2 N–H and O–H groups in total. The van der Waals surface area contributed by atoms with E-state index >= 15 is 0 Å². The first-order valence-corrected chi connectivity index (χ1v) is 6.20. The lowest BCUT2D eigenvalue weighted by molar-refractivity contribution is 0.298. The molecule has 1 aromatic rings. The second-order valence-electron chi connectivity index (χ2n) is 3.87. The maximum Gasteiger partial charge on any atom is 0.318 e. The van der Waals surface area contributed by atoms with Crippen molar-refractivity contribution in [3.05, 3.63) is 5.89 Å². The number of aliphatic hydroxyl groups excluding tert-OH is 1. The van der Waals surface area contributed by atoms with Crippen LogP contribution in [0.3, 0.4) is 0 Å². The van der Waals surface area contributed by atoms with Crippen molar-refractivity contribution in [3.8, 4) is 0 Å². The maximum atomic E-state index is 8.96. The molecule has 0 amide bonds. The molecule has 1 rings (SSSR count). The van der Waals surface area contributed by atoms with Gasteiger partial charge in [-0.1, -0.05) is 18.9 Å². The van der Waals surface area contributed by atoms with Crippen molar-refractivity contribution in [1.29, 1.82) is 0 Å². The molecule has 0 radical (unpaired) electrons. The zero-order valence-corrected chi connectivity index (χ0v) is 10.6. The van der Waals surface area contributed by atoms with Crippen LogP contribution in [0.2, 0.25) is 0 Å². The fourth-order valence-corrected chi connectivity index (χ4v) is 1.51. The summed E-state index contributed by atoms with van der Waals surface area (Å²) in [6.45, 7) is 7.14. The van der Waals surface area contributed by atoms with Gasteiger partial charge in [0.05, 0.1) is 13.2 Å². The predicted molar refractivity (Wildman–Crippen MR) is 65.9 cm³/mol. The molecule has 0 aliphatic rings. The minimum Gasteiger partial charge on any atom is -0.407 e. The summed E-state index contributed by atoms with van der Waals surface area (Å²) in [6.07, 6.45) is 2.05. The molecule has 0 bridgehead atoms. The van der Waals surface area contributed by atoms with Crippen LogP contribution in [0.5, 0.6) is 0 Å². The molecule has 1 heterocycles. The topological polar surface area (TPSA) is 74.4 Å². The van der Waals surface area contributed by atoms with Crippen LogP contribution in [-0.4, -0.2) is 41.5 Å². The number of nitrogens with zero attached hydrogens (tertiary/aromatic N) is 3. The molecule has 0 saturated heterocycles. The van der Waals surface area contributed by atoms with Crippen LogP contribution in [0.4, 0.5) is 6.01 Å². The van der Waals surface area contributed by atoms with E-state index in [0.717, 1.165) is 25.9 Å². The fourth-order valence-electron chi connectivity index (χ4n) is 1.51. The van der Waals surface area contributed by atoms with Gasteiger partial charge >= 0.3 is 6.01 Å². The molecular formula is C11H22N4O2. The summed E-state index contributed by atoms with van der Waals surface area (Å²) in [5, 5.41) is 20.1. The molecule has 17 heavy (non-hydrogen) atoms. The van der Waals surface area contributed by atoms with Gasteiger partial charge in [-0.3, -0.25) is 0 Å². The Hall–Kier alpha value is -1.14. The summed E-state index contributed by atoms with van der Waals surface area (Å²) >= 11 is 0. The summed E-state index contributed by atoms with van der Waals surface area (Å²) in [4.78, 5) is 1.90. The van der Waals surface area contributed by atoms with Gasteiger partial charge in [0.15, 0.2) is 0 Å². The van der Waals surface area contributed by atoms with E-state index in [1.807, 2.05) is 4.90 Å². The SMILES string of the molecule is CCCNCc1nnc(N(CCC)CCO)o1. The van der Waals surface area contributed by atoms with Crippen molar-refractivity contribution in [3.63, 3.8) is 0 Å². The Morgan fingerprint density at radius 1 is 1.24 bits per heavy atom. The van der Waals surface area contributed by atoms with Gasteiger partial charge in [-0.25, -0.2) is 0 Å². The summed E-state index contributed by atoms with van der Waals surface area (Å²) in [6, 6.07) is 0.495. The van der Waals surface area contributed by atoms with Gasteiger partial charge in [-0.15, -0.1) is 5.10 Å². The Labute approximate surface area is 102 Å². The monoisotopic (exact) mass is 242 g/mol. The molecule has 6 nitrogen and oxygen atoms in total. The first-order chi connectivity index (χ1) is 8.31. The highest BCUT2D eigenvalue weighted by Crippen LogP contribution is 2.12. The van der Waals surface area contributed by atoms with Crippen LogP contribution in [-0.2, 0) is 6.54 Å². The maximum absolute atomic E-state index is 8.96. The van der Waals surface area contributed by atoms with Gasteiger partial charge in [0, 0.05) is 13.1 Å². The molecule has 0 aliphatic carbocycles. The quantitative estimate of drug-likeness (QED) is 0.623. The van der Waals surface area contributed by atoms with Gasteiger partial charge in [0.25, 0.3) is 0 Å². The van der Waals surface area contributed by atoms with E-state index in [0.29, 0.717) is 25.0 Å². The lowest BCUT2D eigenvalue weighted by Crippen LogP contribution is -2.27. The highest BCUT2D eigenvalue weighted by atomic mass is 16.4. The van der Waals surface area contributed by atoms with Gasteiger partial charge in [-0.05, 0) is 19.4 Å². The van der Waals surface area contributed by atoms with Gasteiger partial charge in [-0.2, -0.15) is 0 Å². The second-order valence-corrected chi connectivity index (χ2v) is 3.87. The van der Waals surface area contributed by atoms with Crippen LogP contribution in [0.1, 0.15) is 32.6 Å². The average Bonchev–Trinajstić information content (AvgIpc) is 2.78. The highest BCUT2D eigenvalue weighted by molar-refractivity contribution is 5.23. The van der Waals surface area contributed by atoms with E-state index in [2.05, 4.69) is 29.4 Å². The van der Waals surface area contributed by atoms with Crippen molar-refractivity contribution in [2.75, 3.05) is 31.1 Å². The van der Waals surface area contributed by atoms with E-state index in [9.17, 15) is 0 Å². The molecule has 0 saturated carbocycles. The minimum absolute atomic E-state index is 0.0891. The summed E-state index contributed by atoms with van der Waals surface area (Å²) in [5.41, 5.74) is 0. The standard InChI is InChI=1S/C11H22N4O2/c1-3-5-12-9-10-13-14-11(17-10)15(6-4-2)7-8-16/h12,16H,3-9H2,1-2H3. The van der Waals surface area contributed by atoms with Crippen molar-refractivity contribution >= 4 is 6.01 Å². The highest BCUT2D eigenvalue weighted by Gasteiger charge is 2.12. The molecular weight excluding hydrogens is 220 g/mol. The Balaban J connectivity index is 2.51. The second kappa shape index (κ2) is 8.03. The van der Waals surface area contributed by atoms with E-state index in [4.69, 9.17) is 9.52 Å². The van der Waals surface area contributed by atoms with Crippen molar-refractivity contribution in [1.82, 2.24) is 15.5 Å². The number of nitrogens with one attached hydrogen (secondary N) is 1. The van der Waals surface area contributed by atoms with E-state index < -0.39 is 0 Å². The normalized spacial score (nSPS) is 10.8. The third kappa shape index (κ3) is 4.70. The number of anilines is 1. The molecule has 98 valence electrons. The first-order valence-electron chi connectivity index (χ1n) is 6.20. The molecule has 6 heteroatoms. The summed E-state index contributed by atoms with van der Waals surface area (Å²) < 4.78 is 5.53. The van der Waals surface area contributed by atoms with Crippen LogP contribution in [0.25, 0.3) is 0 Å². The van der Waals surface area contributed by atoms with Crippen molar-refractivity contribution in [2.24, 2.45) is 0 Å². The number of aromatic nitrogens is 2. The van der Waals surface area contributed by atoms with Gasteiger partial charge < -0.3 is 19.7 Å². The molecule has 1 aromatic heterocycles. The summed E-state index contributed by atoms with van der Waals surface area (Å²) in [7, 11) is 0. The zero-order chi connectivity index (χ0) is 12.5. The summed E-state index contributed by atoms with van der Waals surface area (Å²) in [5.74, 6) is 0.590. The average molecular weight is 242 g/mol. The molecule has 0 aliphatic heterocycles. The minimum atomic E-state index is 0.0891. The van der Waals surface area contributed by atoms with Gasteiger partial charge in [0.1, 0.15) is 0 Å².